The van der Waals surface area contributed by atoms with Gasteiger partial charge in [0.2, 0.25) is 0 Å². The van der Waals surface area contributed by atoms with Crippen molar-refractivity contribution in [1.29, 1.82) is 0 Å². The lowest BCUT2D eigenvalue weighted by atomic mass is 10.0. The van der Waals surface area contributed by atoms with Gasteiger partial charge in [-0.15, -0.1) is 0 Å². The Morgan fingerprint density at radius 1 is 0.260 bits per heavy atom. The van der Waals surface area contributed by atoms with E-state index in [4.69, 9.17) is 37.0 Å². The lowest BCUT2D eigenvalue weighted by molar-refractivity contribution is -0.161. The minimum absolute atomic E-state index is 0.104. The molecule has 0 aliphatic carbocycles. The Hall–Kier alpha value is -1.94. The molecule has 0 heterocycles. The first-order valence-corrected chi connectivity index (χ1v) is 42.7. The van der Waals surface area contributed by atoms with Crippen molar-refractivity contribution in [2.24, 2.45) is 23.7 Å². The second-order valence-corrected chi connectivity index (χ2v) is 32.6. The maximum atomic E-state index is 13.1. The monoisotopic (exact) mass is 1410 g/mol. The number of carbonyl (C=O) groups is 4. The molecule has 0 saturated heterocycles. The molecule has 0 bridgehead atoms. The summed E-state index contributed by atoms with van der Waals surface area (Å²) in [5, 5.41) is 10.6. The van der Waals surface area contributed by atoms with Crippen LogP contribution in [0, 0.1) is 23.7 Å². The summed E-state index contributed by atoms with van der Waals surface area (Å²) in [6.45, 7) is 14.2. The average molecular weight is 1410 g/mol. The van der Waals surface area contributed by atoms with Crippen molar-refractivity contribution in [3.8, 4) is 0 Å². The Kier molecular flexibility index (Phi) is 65.0. The summed E-state index contributed by atoms with van der Waals surface area (Å²) in [6, 6.07) is 0. The van der Waals surface area contributed by atoms with Gasteiger partial charge >= 0.3 is 39.5 Å². The summed E-state index contributed by atoms with van der Waals surface area (Å²) >= 11 is 0. The van der Waals surface area contributed by atoms with E-state index in [2.05, 4.69) is 55.4 Å². The molecule has 0 spiro atoms. The van der Waals surface area contributed by atoms with Gasteiger partial charge in [-0.3, -0.25) is 37.3 Å². The van der Waals surface area contributed by atoms with Crippen LogP contribution in [0.15, 0.2) is 0 Å². The van der Waals surface area contributed by atoms with E-state index in [9.17, 15) is 43.2 Å². The number of rotatable bonds is 74. The van der Waals surface area contributed by atoms with E-state index >= 15 is 0 Å². The van der Waals surface area contributed by atoms with Crippen molar-refractivity contribution in [1.82, 2.24) is 0 Å². The molecule has 0 rings (SSSR count). The van der Waals surface area contributed by atoms with Crippen LogP contribution < -0.4 is 0 Å². The first-order valence-electron chi connectivity index (χ1n) is 39.7. The number of esters is 4. The van der Waals surface area contributed by atoms with Crippen LogP contribution in [-0.4, -0.2) is 96.7 Å². The molecule has 17 nitrogen and oxygen atoms in total. The van der Waals surface area contributed by atoms with Gasteiger partial charge in [0.05, 0.1) is 26.4 Å². The fraction of sp³-hybridized carbons (Fsp3) is 0.948. The van der Waals surface area contributed by atoms with E-state index in [1.54, 1.807) is 0 Å². The Morgan fingerprint density at radius 2 is 0.438 bits per heavy atom. The Labute approximate surface area is 588 Å². The quantitative estimate of drug-likeness (QED) is 0.0222. The third-order valence-corrected chi connectivity index (χ3v) is 19.7. The number of hydrogen-bond acceptors (Lipinski definition) is 15. The first kappa shape index (κ1) is 94.1. The van der Waals surface area contributed by atoms with Crippen molar-refractivity contribution in [3.05, 3.63) is 0 Å². The topological polar surface area (TPSA) is 237 Å². The number of phosphoric acid groups is 2. The highest BCUT2D eigenvalue weighted by atomic mass is 31.2. The molecule has 0 aromatic rings. The van der Waals surface area contributed by atoms with Gasteiger partial charge in [0, 0.05) is 25.7 Å². The molecule has 0 radical (unpaired) electrons. The van der Waals surface area contributed by atoms with Crippen LogP contribution >= 0.6 is 15.6 Å². The van der Waals surface area contributed by atoms with Crippen LogP contribution in [0.2, 0.25) is 0 Å². The fourth-order valence-corrected chi connectivity index (χ4v) is 13.3. The zero-order chi connectivity index (χ0) is 71.0. The molecule has 5 atom stereocenters. The predicted molar refractivity (Wildman–Crippen MR) is 391 cm³/mol. The van der Waals surface area contributed by atoms with E-state index in [0.717, 1.165) is 114 Å². The Balaban J connectivity index is 5.25. The Morgan fingerprint density at radius 3 is 0.646 bits per heavy atom. The molecular formula is C77H150O17P2. The number of unbranched alkanes of at least 4 members (excludes halogenated alkanes) is 40. The molecule has 3 unspecified atom stereocenters. The van der Waals surface area contributed by atoms with Crippen molar-refractivity contribution in [2.75, 3.05) is 39.6 Å². The highest BCUT2D eigenvalue weighted by Crippen LogP contribution is 2.45. The van der Waals surface area contributed by atoms with Crippen LogP contribution in [0.4, 0.5) is 0 Å². The molecule has 96 heavy (non-hydrogen) atoms. The number of hydrogen-bond donors (Lipinski definition) is 3. The van der Waals surface area contributed by atoms with Crippen molar-refractivity contribution in [2.45, 2.75) is 408 Å². The molecule has 0 aliphatic rings. The van der Waals surface area contributed by atoms with E-state index in [0.29, 0.717) is 25.7 Å². The average Bonchev–Trinajstić information content (AvgIpc) is 1.12. The summed E-state index contributed by atoms with van der Waals surface area (Å²) in [5.74, 6) is 0.927. The lowest BCUT2D eigenvalue weighted by Gasteiger charge is -2.21. The van der Waals surface area contributed by atoms with Crippen LogP contribution in [0.3, 0.4) is 0 Å². The largest absolute Gasteiger partial charge is 0.472 e. The van der Waals surface area contributed by atoms with Gasteiger partial charge in [-0.05, 0) is 49.4 Å². The normalized spacial score (nSPS) is 14.1. The molecule has 19 heteroatoms. The number of aliphatic hydroxyl groups excluding tert-OH is 1. The number of ether oxygens (including phenoxy) is 4. The zero-order valence-electron chi connectivity index (χ0n) is 63.0. The number of phosphoric ester groups is 2. The minimum Gasteiger partial charge on any atom is -0.462 e. The van der Waals surface area contributed by atoms with Gasteiger partial charge in [0.15, 0.2) is 12.2 Å². The summed E-state index contributed by atoms with van der Waals surface area (Å²) < 4.78 is 68.6. The highest BCUT2D eigenvalue weighted by Gasteiger charge is 2.30. The number of aliphatic hydroxyl groups is 1. The molecule has 0 saturated carbocycles. The summed E-state index contributed by atoms with van der Waals surface area (Å²) in [6.07, 6.45) is 51.4. The van der Waals surface area contributed by atoms with Gasteiger partial charge in [0.1, 0.15) is 19.3 Å². The van der Waals surface area contributed by atoms with E-state index in [1.807, 2.05) is 0 Å². The molecule has 0 aliphatic heterocycles. The molecule has 0 amide bonds. The van der Waals surface area contributed by atoms with Gasteiger partial charge in [0.25, 0.3) is 0 Å². The summed E-state index contributed by atoms with van der Waals surface area (Å²) in [4.78, 5) is 72.9. The van der Waals surface area contributed by atoms with Gasteiger partial charge < -0.3 is 33.8 Å². The minimum atomic E-state index is -4.96. The van der Waals surface area contributed by atoms with Gasteiger partial charge in [-0.1, -0.05) is 338 Å². The molecule has 570 valence electrons. The van der Waals surface area contributed by atoms with Gasteiger partial charge in [-0.25, -0.2) is 9.13 Å². The van der Waals surface area contributed by atoms with Crippen LogP contribution in [0.5, 0.6) is 0 Å². The van der Waals surface area contributed by atoms with E-state index in [1.165, 1.54) is 193 Å². The SMILES string of the molecule is CC(C)CCCCCCCCCCCCCCCCCC(=O)O[C@H](COC(=O)CCCCCCCCCCCCCCC(C)C)COP(=O)(O)OCC(O)COP(=O)(O)OC[C@@H](COC(=O)CCCCCCCCCCC(C)C)OC(=O)CCCCCCCCCCCC(C)C. The summed E-state index contributed by atoms with van der Waals surface area (Å²) in [7, 11) is -9.92. The standard InChI is InChI=1S/C77H150O17P2/c1-67(2)53-45-37-29-21-16-12-10-9-11-13-19-25-35-43-51-59-76(81)93-72(63-87-74(79)57-49-41-33-24-18-15-14-17-22-30-38-46-54-68(3)4)65-91-95(83,84)89-61-71(78)62-90-96(85,86)92-66-73(64-88-75(80)58-50-42-34-28-27-32-40-48-56-70(7)8)94-77(82)60-52-44-36-26-20-23-31-39-47-55-69(5)6/h67-73,78H,9-66H2,1-8H3,(H,83,84)(H,85,86)/t71?,72-,73-/m1/s1. The van der Waals surface area contributed by atoms with Crippen molar-refractivity contribution >= 4 is 39.5 Å². The van der Waals surface area contributed by atoms with Crippen molar-refractivity contribution < 1.29 is 80.2 Å². The third kappa shape index (κ3) is 70.5. The molecular weight excluding hydrogens is 1260 g/mol. The molecule has 0 fully saturated rings. The van der Waals surface area contributed by atoms with Crippen molar-refractivity contribution in [3.63, 3.8) is 0 Å². The highest BCUT2D eigenvalue weighted by molar-refractivity contribution is 7.47. The maximum absolute atomic E-state index is 13.1. The molecule has 0 aromatic carbocycles. The summed E-state index contributed by atoms with van der Waals surface area (Å²) in [5.41, 5.74) is 0. The predicted octanol–water partition coefficient (Wildman–Crippen LogP) is 22.4. The smallest absolute Gasteiger partial charge is 0.462 e. The lowest BCUT2D eigenvalue weighted by Crippen LogP contribution is -2.30. The second-order valence-electron chi connectivity index (χ2n) is 29.7. The third-order valence-electron chi connectivity index (χ3n) is 17.8. The fourth-order valence-electron chi connectivity index (χ4n) is 11.7. The zero-order valence-corrected chi connectivity index (χ0v) is 64.8. The van der Waals surface area contributed by atoms with Gasteiger partial charge in [-0.2, -0.15) is 0 Å². The second kappa shape index (κ2) is 66.3. The maximum Gasteiger partial charge on any atom is 0.472 e. The molecule has 3 N–H and O–H groups in total. The van der Waals surface area contributed by atoms with Crippen LogP contribution in [0.1, 0.15) is 389 Å². The van der Waals surface area contributed by atoms with Crippen LogP contribution in [-0.2, 0) is 65.4 Å². The number of carbonyl (C=O) groups excluding carboxylic acids is 4. The van der Waals surface area contributed by atoms with Crippen LogP contribution in [0.25, 0.3) is 0 Å². The van der Waals surface area contributed by atoms with E-state index in [-0.39, 0.29) is 25.7 Å². The van der Waals surface area contributed by atoms with E-state index < -0.39 is 97.5 Å². The molecule has 0 aromatic heterocycles. The Bertz CT molecular complexity index is 1880. The first-order chi connectivity index (χ1) is 46.1.